The molecule has 3 aromatic carbocycles. The second kappa shape index (κ2) is 9.46. The third kappa shape index (κ3) is 5.49. The van der Waals surface area contributed by atoms with Crippen molar-refractivity contribution in [1.29, 1.82) is 0 Å². The molecule has 0 bridgehead atoms. The van der Waals surface area contributed by atoms with Crippen LogP contribution < -0.4 is 5.32 Å². The van der Waals surface area contributed by atoms with Crippen molar-refractivity contribution in [3.8, 4) is 11.3 Å². The standard InChI is InChI=1S/C25H22N2O3S2/c1-18-7-13-22(14-8-18)32(29,30)17-24(28)27-25-26-23(16-31-25)21-11-9-20(10-12-21)15-19-5-3-2-4-6-19/h2-14,16H,15,17H2,1H3,(H,26,27,28). The fourth-order valence-corrected chi connectivity index (χ4v) is 5.12. The molecule has 1 amide bonds. The van der Waals surface area contributed by atoms with Crippen LogP contribution in [0.25, 0.3) is 11.3 Å². The van der Waals surface area contributed by atoms with E-state index in [9.17, 15) is 13.2 Å². The fraction of sp³-hybridized carbons (Fsp3) is 0.120. The first kappa shape index (κ1) is 21.9. The molecule has 1 N–H and O–H groups in total. The van der Waals surface area contributed by atoms with Crippen LogP contribution >= 0.6 is 11.3 Å². The number of amides is 1. The second-order valence-corrected chi connectivity index (χ2v) is 10.4. The van der Waals surface area contributed by atoms with Crippen LogP contribution in [-0.2, 0) is 21.1 Å². The smallest absolute Gasteiger partial charge is 0.241 e. The average Bonchev–Trinajstić information content (AvgIpc) is 3.23. The third-order valence-electron chi connectivity index (χ3n) is 4.95. The minimum Gasteiger partial charge on any atom is -0.301 e. The molecule has 0 fully saturated rings. The van der Waals surface area contributed by atoms with E-state index in [-0.39, 0.29) is 4.90 Å². The van der Waals surface area contributed by atoms with E-state index in [1.165, 1.54) is 34.6 Å². The number of rotatable bonds is 7. The molecular weight excluding hydrogens is 440 g/mol. The highest BCUT2D eigenvalue weighted by Crippen LogP contribution is 2.26. The Morgan fingerprint density at radius 1 is 0.906 bits per heavy atom. The number of nitrogens with one attached hydrogen (secondary N) is 1. The number of aromatic nitrogens is 1. The summed E-state index contributed by atoms with van der Waals surface area (Å²) in [6.07, 6.45) is 0.856. The summed E-state index contributed by atoms with van der Waals surface area (Å²) in [4.78, 5) is 16.9. The van der Waals surface area contributed by atoms with Crippen LogP contribution in [0.1, 0.15) is 16.7 Å². The van der Waals surface area contributed by atoms with Crippen LogP contribution in [0.5, 0.6) is 0 Å². The first-order valence-corrected chi connectivity index (χ1v) is 12.6. The normalized spacial score (nSPS) is 11.3. The highest BCUT2D eigenvalue weighted by molar-refractivity contribution is 7.92. The van der Waals surface area contributed by atoms with E-state index in [1.807, 2.05) is 42.6 Å². The number of carbonyl (C=O) groups excluding carboxylic acids is 1. The Morgan fingerprint density at radius 2 is 1.56 bits per heavy atom. The molecule has 0 radical (unpaired) electrons. The second-order valence-electron chi connectivity index (χ2n) is 7.52. The summed E-state index contributed by atoms with van der Waals surface area (Å²) >= 11 is 1.27. The quantitative estimate of drug-likeness (QED) is 0.413. The van der Waals surface area contributed by atoms with Gasteiger partial charge in [0.1, 0.15) is 5.75 Å². The molecule has 0 aliphatic rings. The Labute approximate surface area is 191 Å². The number of benzene rings is 3. The number of hydrogen-bond donors (Lipinski definition) is 1. The summed E-state index contributed by atoms with van der Waals surface area (Å²) in [7, 11) is -3.71. The van der Waals surface area contributed by atoms with E-state index in [2.05, 4.69) is 34.6 Å². The van der Waals surface area contributed by atoms with Gasteiger partial charge in [0.25, 0.3) is 0 Å². The van der Waals surface area contributed by atoms with Crippen LogP contribution in [0.15, 0.2) is 89.1 Å². The largest absolute Gasteiger partial charge is 0.301 e. The summed E-state index contributed by atoms with van der Waals surface area (Å²) in [5, 5.41) is 4.82. The molecular formula is C25H22N2O3S2. The van der Waals surface area contributed by atoms with Gasteiger partial charge in [-0.05, 0) is 36.6 Å². The number of sulfone groups is 1. The minimum absolute atomic E-state index is 0.133. The highest BCUT2D eigenvalue weighted by atomic mass is 32.2. The average molecular weight is 463 g/mol. The Kier molecular flexibility index (Phi) is 6.48. The minimum atomic E-state index is -3.71. The number of nitrogens with zero attached hydrogens (tertiary/aromatic N) is 1. The SMILES string of the molecule is Cc1ccc(S(=O)(=O)CC(=O)Nc2nc(-c3ccc(Cc4ccccc4)cc3)cs2)cc1. The Bertz CT molecular complexity index is 1310. The van der Waals surface area contributed by atoms with Gasteiger partial charge < -0.3 is 5.32 Å². The molecule has 0 aliphatic carbocycles. The molecule has 4 aromatic rings. The van der Waals surface area contributed by atoms with Crippen molar-refractivity contribution < 1.29 is 13.2 Å². The van der Waals surface area contributed by atoms with Crippen molar-refractivity contribution in [2.24, 2.45) is 0 Å². The molecule has 0 atom stereocenters. The zero-order valence-electron chi connectivity index (χ0n) is 17.5. The van der Waals surface area contributed by atoms with Crippen molar-refractivity contribution in [3.05, 3.63) is 101 Å². The van der Waals surface area contributed by atoms with E-state index in [0.717, 1.165) is 23.2 Å². The Morgan fingerprint density at radius 3 is 2.25 bits per heavy atom. The van der Waals surface area contributed by atoms with Gasteiger partial charge in [0, 0.05) is 10.9 Å². The molecule has 0 unspecified atom stereocenters. The van der Waals surface area contributed by atoms with Gasteiger partial charge in [-0.2, -0.15) is 0 Å². The number of carbonyl (C=O) groups is 1. The van der Waals surface area contributed by atoms with Gasteiger partial charge in [-0.15, -0.1) is 11.3 Å². The van der Waals surface area contributed by atoms with Crippen molar-refractivity contribution in [1.82, 2.24) is 4.98 Å². The number of hydrogen-bond acceptors (Lipinski definition) is 5. The van der Waals surface area contributed by atoms with Crippen LogP contribution in [0.4, 0.5) is 5.13 Å². The zero-order chi connectivity index (χ0) is 22.6. The molecule has 5 nitrogen and oxygen atoms in total. The molecule has 7 heteroatoms. The maximum atomic E-state index is 12.5. The topological polar surface area (TPSA) is 76.1 Å². The van der Waals surface area contributed by atoms with Gasteiger partial charge in [-0.1, -0.05) is 72.3 Å². The predicted molar refractivity (Wildman–Crippen MR) is 129 cm³/mol. The first-order valence-electron chi connectivity index (χ1n) is 10.1. The summed E-state index contributed by atoms with van der Waals surface area (Å²) < 4.78 is 24.9. The lowest BCUT2D eigenvalue weighted by molar-refractivity contribution is -0.113. The van der Waals surface area contributed by atoms with Crippen molar-refractivity contribution >= 4 is 32.2 Å². The van der Waals surface area contributed by atoms with Gasteiger partial charge >= 0.3 is 0 Å². The first-order chi connectivity index (χ1) is 15.4. The third-order valence-corrected chi connectivity index (χ3v) is 7.34. The molecule has 32 heavy (non-hydrogen) atoms. The zero-order valence-corrected chi connectivity index (χ0v) is 19.1. The molecule has 1 aromatic heterocycles. The Hall–Kier alpha value is -3.29. The van der Waals surface area contributed by atoms with Crippen LogP contribution in [0, 0.1) is 6.92 Å². The highest BCUT2D eigenvalue weighted by Gasteiger charge is 2.20. The number of thiazole rings is 1. The summed E-state index contributed by atoms with van der Waals surface area (Å²) in [6.45, 7) is 1.87. The summed E-state index contributed by atoms with van der Waals surface area (Å²) in [5.41, 5.74) is 5.07. The predicted octanol–water partition coefficient (Wildman–Crippen LogP) is 5.12. The lowest BCUT2D eigenvalue weighted by atomic mass is 10.0. The summed E-state index contributed by atoms with van der Waals surface area (Å²) in [6, 6.07) is 24.8. The van der Waals surface area contributed by atoms with Gasteiger partial charge in [-0.3, -0.25) is 4.79 Å². The number of aryl methyl sites for hydroxylation is 1. The van der Waals surface area contributed by atoms with Gasteiger partial charge in [0.05, 0.1) is 10.6 Å². The lowest BCUT2D eigenvalue weighted by Crippen LogP contribution is -2.22. The molecule has 1 heterocycles. The van der Waals surface area contributed by atoms with E-state index >= 15 is 0 Å². The molecule has 4 rings (SSSR count). The van der Waals surface area contributed by atoms with Gasteiger partial charge in [0.2, 0.25) is 5.91 Å². The summed E-state index contributed by atoms with van der Waals surface area (Å²) in [5.74, 6) is -1.23. The van der Waals surface area contributed by atoms with Crippen LogP contribution in [-0.4, -0.2) is 25.1 Å². The van der Waals surface area contributed by atoms with Crippen molar-refractivity contribution in [2.75, 3.05) is 11.1 Å². The number of anilines is 1. The van der Waals surface area contributed by atoms with Crippen molar-refractivity contribution in [3.63, 3.8) is 0 Å². The monoisotopic (exact) mass is 462 g/mol. The molecule has 0 aliphatic heterocycles. The van der Waals surface area contributed by atoms with Crippen LogP contribution in [0.2, 0.25) is 0 Å². The molecule has 162 valence electrons. The molecule has 0 saturated heterocycles. The molecule has 0 saturated carbocycles. The maximum Gasteiger partial charge on any atom is 0.241 e. The van der Waals surface area contributed by atoms with E-state index in [1.54, 1.807) is 12.1 Å². The van der Waals surface area contributed by atoms with Gasteiger partial charge in [0.15, 0.2) is 15.0 Å². The lowest BCUT2D eigenvalue weighted by Gasteiger charge is -2.05. The van der Waals surface area contributed by atoms with Gasteiger partial charge in [-0.25, -0.2) is 13.4 Å². The van der Waals surface area contributed by atoms with E-state index < -0.39 is 21.5 Å². The van der Waals surface area contributed by atoms with Crippen LogP contribution in [0.3, 0.4) is 0 Å². The van der Waals surface area contributed by atoms with E-state index in [0.29, 0.717) is 5.13 Å². The molecule has 0 spiro atoms. The van der Waals surface area contributed by atoms with Crippen molar-refractivity contribution in [2.45, 2.75) is 18.2 Å². The fourth-order valence-electron chi connectivity index (χ4n) is 3.25. The maximum absolute atomic E-state index is 12.5. The van der Waals surface area contributed by atoms with E-state index in [4.69, 9.17) is 0 Å². The Balaban J connectivity index is 1.39.